The van der Waals surface area contributed by atoms with Gasteiger partial charge in [-0.15, -0.1) is 0 Å². The van der Waals surface area contributed by atoms with Crippen molar-refractivity contribution in [2.45, 2.75) is 6.54 Å². The van der Waals surface area contributed by atoms with Crippen LogP contribution in [0.5, 0.6) is 0 Å². The van der Waals surface area contributed by atoms with E-state index in [1.54, 1.807) is 18.3 Å². The number of rotatable bonds is 4. The molecule has 0 spiro atoms. The summed E-state index contributed by atoms with van der Waals surface area (Å²) in [6, 6.07) is 5.31. The summed E-state index contributed by atoms with van der Waals surface area (Å²) >= 11 is 9.29. The van der Waals surface area contributed by atoms with Crippen molar-refractivity contribution in [3.8, 4) is 0 Å². The highest BCUT2D eigenvalue weighted by Crippen LogP contribution is 2.23. The molecule has 0 amide bonds. The Morgan fingerprint density at radius 1 is 1.58 bits per heavy atom. The molecule has 2 aromatic heterocycles. The largest absolute Gasteiger partial charge is 0.464 e. The van der Waals surface area contributed by atoms with E-state index in [2.05, 4.69) is 36.0 Å². The Hall–Kier alpha value is -1.53. The number of carbonyl (C=O) groups is 1. The van der Waals surface area contributed by atoms with Crippen LogP contribution >= 0.6 is 27.5 Å². The highest BCUT2D eigenvalue weighted by Gasteiger charge is 2.08. The molecule has 0 unspecified atom stereocenters. The summed E-state index contributed by atoms with van der Waals surface area (Å²) in [5, 5.41) is 3.52. The fourth-order valence-corrected chi connectivity index (χ4v) is 2.01. The number of aromatic nitrogens is 2. The molecule has 7 heteroatoms. The lowest BCUT2D eigenvalue weighted by molar-refractivity contribution is 0.0594. The van der Waals surface area contributed by atoms with Gasteiger partial charge in [0, 0.05) is 16.4 Å². The zero-order chi connectivity index (χ0) is 13.8. The maximum Gasteiger partial charge on any atom is 0.354 e. The molecule has 0 aliphatic heterocycles. The molecular weight excluding hydrogens is 334 g/mol. The molecule has 0 fully saturated rings. The number of pyridine rings is 1. The summed E-state index contributed by atoms with van der Waals surface area (Å²) in [6.45, 7) is 0.495. The summed E-state index contributed by atoms with van der Waals surface area (Å²) < 4.78 is 5.45. The van der Waals surface area contributed by atoms with E-state index >= 15 is 0 Å². The third-order valence-corrected chi connectivity index (χ3v) is 3.16. The second-order valence-corrected chi connectivity index (χ2v) is 5.01. The SMILES string of the molecule is COC(=O)c1ccc(CNc2cc(Br)cnc2Cl)[nH]1. The number of nitrogens with zero attached hydrogens (tertiary/aromatic N) is 1. The Morgan fingerprint density at radius 3 is 3.11 bits per heavy atom. The average Bonchev–Trinajstić information content (AvgIpc) is 2.88. The fraction of sp³-hybridized carbons (Fsp3) is 0.167. The number of anilines is 1. The van der Waals surface area contributed by atoms with Crippen LogP contribution in [0.4, 0.5) is 5.69 Å². The summed E-state index contributed by atoms with van der Waals surface area (Å²) in [5.74, 6) is -0.395. The van der Waals surface area contributed by atoms with Crippen LogP contribution in [0.25, 0.3) is 0 Å². The maximum atomic E-state index is 11.3. The van der Waals surface area contributed by atoms with Gasteiger partial charge in [0.15, 0.2) is 5.15 Å². The maximum absolute atomic E-state index is 11.3. The van der Waals surface area contributed by atoms with E-state index in [4.69, 9.17) is 11.6 Å². The van der Waals surface area contributed by atoms with Crippen LogP contribution in [-0.2, 0) is 11.3 Å². The number of aromatic amines is 1. The van der Waals surface area contributed by atoms with Crippen LogP contribution < -0.4 is 5.32 Å². The monoisotopic (exact) mass is 343 g/mol. The molecule has 0 aromatic carbocycles. The lowest BCUT2D eigenvalue weighted by Gasteiger charge is -2.07. The van der Waals surface area contributed by atoms with Gasteiger partial charge in [0.25, 0.3) is 0 Å². The molecule has 2 heterocycles. The van der Waals surface area contributed by atoms with Crippen LogP contribution in [0, 0.1) is 0 Å². The Kier molecular flexibility index (Phi) is 4.44. The Bertz CT molecular complexity index is 600. The molecule has 0 atom stereocenters. The van der Waals surface area contributed by atoms with Gasteiger partial charge >= 0.3 is 5.97 Å². The molecule has 19 heavy (non-hydrogen) atoms. The molecular formula is C12H11BrClN3O2. The molecule has 2 aromatic rings. The molecule has 5 nitrogen and oxygen atoms in total. The van der Waals surface area contributed by atoms with Gasteiger partial charge in [-0.05, 0) is 34.1 Å². The Balaban J connectivity index is 2.04. The number of nitrogens with one attached hydrogen (secondary N) is 2. The van der Waals surface area contributed by atoms with Gasteiger partial charge in [-0.1, -0.05) is 11.6 Å². The van der Waals surface area contributed by atoms with Crippen molar-refractivity contribution < 1.29 is 9.53 Å². The molecule has 0 radical (unpaired) electrons. The zero-order valence-corrected chi connectivity index (χ0v) is 12.4. The number of H-pyrrole nitrogens is 1. The van der Waals surface area contributed by atoms with Gasteiger partial charge in [0.05, 0.1) is 19.3 Å². The number of halogens is 2. The molecule has 2 N–H and O–H groups in total. The van der Waals surface area contributed by atoms with Crippen LogP contribution in [-0.4, -0.2) is 23.0 Å². The molecule has 0 aliphatic carbocycles. The number of methoxy groups -OCH3 is 1. The third kappa shape index (κ3) is 3.48. The zero-order valence-electron chi connectivity index (χ0n) is 10.0. The quantitative estimate of drug-likeness (QED) is 0.660. The predicted octanol–water partition coefficient (Wildman–Crippen LogP) is 3.22. The number of carbonyl (C=O) groups excluding carboxylic acids is 1. The number of esters is 1. The predicted molar refractivity (Wildman–Crippen MR) is 76.4 cm³/mol. The standard InChI is InChI=1S/C12H11BrClN3O2/c1-19-12(18)9-3-2-8(17-9)6-15-10-4-7(13)5-16-11(10)14/h2-5,15,17H,6H2,1H3. The van der Waals surface area contributed by atoms with Crippen LogP contribution in [0.1, 0.15) is 16.2 Å². The van der Waals surface area contributed by atoms with Gasteiger partial charge in [-0.2, -0.15) is 0 Å². The lowest BCUT2D eigenvalue weighted by atomic mass is 10.4. The molecule has 0 saturated heterocycles. The first-order valence-electron chi connectivity index (χ1n) is 5.41. The van der Waals surface area contributed by atoms with Crippen LogP contribution in [0.2, 0.25) is 5.15 Å². The van der Waals surface area contributed by atoms with E-state index in [1.807, 2.05) is 6.07 Å². The minimum absolute atomic E-state index is 0.392. The summed E-state index contributed by atoms with van der Waals surface area (Å²) in [7, 11) is 1.34. The van der Waals surface area contributed by atoms with Crippen LogP contribution in [0.3, 0.4) is 0 Å². The fourth-order valence-electron chi connectivity index (χ4n) is 1.51. The van der Waals surface area contributed by atoms with E-state index in [9.17, 15) is 4.79 Å². The van der Waals surface area contributed by atoms with Gasteiger partial charge < -0.3 is 15.0 Å². The molecule has 0 saturated carbocycles. The first-order valence-corrected chi connectivity index (χ1v) is 6.58. The van der Waals surface area contributed by atoms with E-state index in [0.29, 0.717) is 23.1 Å². The minimum Gasteiger partial charge on any atom is -0.464 e. The van der Waals surface area contributed by atoms with Crippen molar-refractivity contribution in [1.82, 2.24) is 9.97 Å². The molecule has 100 valence electrons. The third-order valence-electron chi connectivity index (χ3n) is 2.43. The van der Waals surface area contributed by atoms with Gasteiger partial charge in [0.1, 0.15) is 5.69 Å². The Labute approximate surface area is 123 Å². The topological polar surface area (TPSA) is 67.0 Å². The smallest absolute Gasteiger partial charge is 0.354 e. The van der Waals surface area contributed by atoms with Crippen molar-refractivity contribution in [3.05, 3.63) is 45.4 Å². The van der Waals surface area contributed by atoms with Crippen molar-refractivity contribution in [3.63, 3.8) is 0 Å². The van der Waals surface area contributed by atoms with Gasteiger partial charge in [-0.3, -0.25) is 0 Å². The molecule has 2 rings (SSSR count). The van der Waals surface area contributed by atoms with Crippen LogP contribution in [0.15, 0.2) is 28.9 Å². The molecule has 0 bridgehead atoms. The van der Waals surface area contributed by atoms with Crippen molar-refractivity contribution in [1.29, 1.82) is 0 Å². The number of hydrogen-bond acceptors (Lipinski definition) is 4. The van der Waals surface area contributed by atoms with Crippen molar-refractivity contribution in [2.24, 2.45) is 0 Å². The molecule has 0 aliphatic rings. The first kappa shape index (κ1) is 13.9. The van der Waals surface area contributed by atoms with E-state index in [0.717, 1.165) is 10.2 Å². The summed E-state index contributed by atoms with van der Waals surface area (Å²) in [4.78, 5) is 18.3. The van der Waals surface area contributed by atoms with E-state index in [-0.39, 0.29) is 0 Å². The minimum atomic E-state index is -0.395. The van der Waals surface area contributed by atoms with E-state index < -0.39 is 5.97 Å². The summed E-state index contributed by atoms with van der Waals surface area (Å²) in [5.41, 5.74) is 1.97. The van der Waals surface area contributed by atoms with Crippen molar-refractivity contribution in [2.75, 3.05) is 12.4 Å². The Morgan fingerprint density at radius 2 is 2.37 bits per heavy atom. The summed E-state index contributed by atoms with van der Waals surface area (Å²) in [6.07, 6.45) is 1.62. The van der Waals surface area contributed by atoms with E-state index in [1.165, 1.54) is 7.11 Å². The average molecular weight is 345 g/mol. The normalized spacial score (nSPS) is 10.3. The number of hydrogen-bond donors (Lipinski definition) is 2. The lowest BCUT2D eigenvalue weighted by Crippen LogP contribution is -2.04. The highest BCUT2D eigenvalue weighted by atomic mass is 79.9. The van der Waals surface area contributed by atoms with Gasteiger partial charge in [-0.25, -0.2) is 9.78 Å². The highest BCUT2D eigenvalue weighted by molar-refractivity contribution is 9.10. The van der Waals surface area contributed by atoms with Crippen molar-refractivity contribution >= 4 is 39.2 Å². The van der Waals surface area contributed by atoms with Gasteiger partial charge in [0.2, 0.25) is 0 Å². The second kappa shape index (κ2) is 6.08. The first-order chi connectivity index (χ1) is 9.10. The second-order valence-electron chi connectivity index (χ2n) is 3.73. The number of ether oxygens (including phenoxy) is 1.